The van der Waals surface area contributed by atoms with Crippen LogP contribution in [0.4, 0.5) is 0 Å². The number of β-lactam (4-membered cyclic amide) rings is 1. The number of aliphatic hydroxyl groups excluding tert-OH is 1. The summed E-state index contributed by atoms with van der Waals surface area (Å²) in [7, 11) is 0. The minimum Gasteiger partial charge on any atom is -0.477 e. The third-order valence-corrected chi connectivity index (χ3v) is 3.15. The summed E-state index contributed by atoms with van der Waals surface area (Å²) in [5.41, 5.74) is 0.0504. The highest BCUT2D eigenvalue weighted by Gasteiger charge is 2.57. The number of hydrogen-bond acceptors (Lipinski definition) is 3. The molecule has 2 aliphatic heterocycles. The number of amides is 1. The highest BCUT2D eigenvalue weighted by Crippen LogP contribution is 2.43. The Hall–Kier alpha value is -1.36. The molecule has 2 aliphatic rings. The van der Waals surface area contributed by atoms with Gasteiger partial charge in [0.05, 0.1) is 18.1 Å². The lowest BCUT2D eigenvalue weighted by Crippen LogP contribution is -2.63. The molecule has 0 spiro atoms. The molecule has 2 rings (SSSR count). The van der Waals surface area contributed by atoms with Crippen LogP contribution in [0.1, 0.15) is 13.8 Å². The highest BCUT2D eigenvalue weighted by molar-refractivity contribution is 5.99. The molecular weight excluding hydrogens is 198 g/mol. The first-order chi connectivity index (χ1) is 6.95. The lowest BCUT2D eigenvalue weighted by molar-refractivity contribution is -0.163. The maximum atomic E-state index is 11.6. The summed E-state index contributed by atoms with van der Waals surface area (Å²) in [6.07, 6.45) is 0.857. The van der Waals surface area contributed by atoms with Crippen molar-refractivity contribution in [2.24, 2.45) is 11.8 Å². The van der Waals surface area contributed by atoms with Crippen LogP contribution in [0.2, 0.25) is 0 Å². The quantitative estimate of drug-likeness (QED) is 0.621. The van der Waals surface area contributed by atoms with Crippen molar-refractivity contribution in [3.63, 3.8) is 0 Å². The number of aliphatic carboxylic acids is 1. The van der Waals surface area contributed by atoms with E-state index in [0.717, 1.165) is 0 Å². The molecule has 0 aromatic carbocycles. The Morgan fingerprint density at radius 2 is 2.20 bits per heavy atom. The summed E-state index contributed by atoms with van der Waals surface area (Å²) in [6.45, 7) is 3.42. The van der Waals surface area contributed by atoms with Crippen molar-refractivity contribution in [1.29, 1.82) is 0 Å². The van der Waals surface area contributed by atoms with Crippen molar-refractivity contribution in [1.82, 2.24) is 4.90 Å². The van der Waals surface area contributed by atoms with Crippen LogP contribution in [-0.4, -0.2) is 39.1 Å². The lowest BCUT2D eigenvalue weighted by Gasteiger charge is -2.46. The van der Waals surface area contributed by atoms with E-state index in [9.17, 15) is 14.7 Å². The van der Waals surface area contributed by atoms with Crippen LogP contribution in [0.25, 0.3) is 0 Å². The van der Waals surface area contributed by atoms with Crippen molar-refractivity contribution in [3.8, 4) is 0 Å². The lowest BCUT2D eigenvalue weighted by atomic mass is 9.79. The molecule has 1 saturated heterocycles. The Kier molecular flexibility index (Phi) is 2.08. The zero-order valence-electron chi connectivity index (χ0n) is 8.54. The molecule has 0 aromatic rings. The Morgan fingerprint density at radius 3 is 2.67 bits per heavy atom. The molecule has 5 heteroatoms. The van der Waals surface area contributed by atoms with Gasteiger partial charge >= 0.3 is 5.97 Å². The average Bonchev–Trinajstić information content (AvgIpc) is 2.38. The van der Waals surface area contributed by atoms with E-state index in [1.807, 2.05) is 6.92 Å². The summed E-state index contributed by atoms with van der Waals surface area (Å²) in [5.74, 6) is -1.82. The van der Waals surface area contributed by atoms with Crippen molar-refractivity contribution >= 4 is 11.9 Å². The van der Waals surface area contributed by atoms with Gasteiger partial charge in [-0.1, -0.05) is 6.92 Å². The number of fused-ring (bicyclic) bond motifs is 1. The molecule has 0 saturated carbocycles. The average molecular weight is 211 g/mol. The van der Waals surface area contributed by atoms with E-state index in [4.69, 9.17) is 5.11 Å². The molecule has 1 fully saturated rings. The predicted molar refractivity (Wildman–Crippen MR) is 50.7 cm³/mol. The number of carboxylic acid groups (broad SMARTS) is 1. The maximum absolute atomic E-state index is 11.6. The van der Waals surface area contributed by atoms with E-state index in [1.54, 1.807) is 13.0 Å². The van der Waals surface area contributed by atoms with Gasteiger partial charge < -0.3 is 15.1 Å². The van der Waals surface area contributed by atoms with Crippen molar-refractivity contribution in [2.75, 3.05) is 0 Å². The van der Waals surface area contributed by atoms with E-state index < -0.39 is 18.0 Å². The first kappa shape index (κ1) is 10.2. The van der Waals surface area contributed by atoms with E-state index >= 15 is 0 Å². The van der Waals surface area contributed by atoms with Crippen molar-refractivity contribution < 1.29 is 19.8 Å². The second-order valence-electron chi connectivity index (χ2n) is 4.18. The van der Waals surface area contributed by atoms with Gasteiger partial charge in [-0.15, -0.1) is 0 Å². The van der Waals surface area contributed by atoms with E-state index in [-0.39, 0.29) is 23.6 Å². The van der Waals surface area contributed by atoms with Crippen molar-refractivity contribution in [3.05, 3.63) is 11.8 Å². The minimum atomic E-state index is -1.08. The Bertz CT molecular complexity index is 360. The normalized spacial score (nSPS) is 35.7. The Morgan fingerprint density at radius 1 is 1.60 bits per heavy atom. The first-order valence-electron chi connectivity index (χ1n) is 4.91. The molecule has 0 aromatic heterocycles. The molecule has 15 heavy (non-hydrogen) atoms. The van der Waals surface area contributed by atoms with Gasteiger partial charge in [-0.05, 0) is 18.9 Å². The van der Waals surface area contributed by atoms with Gasteiger partial charge in [0.25, 0.3) is 0 Å². The first-order valence-corrected chi connectivity index (χ1v) is 4.91. The summed E-state index contributed by atoms with van der Waals surface area (Å²) in [6, 6.07) is -0.177. The maximum Gasteiger partial charge on any atom is 0.352 e. The van der Waals surface area contributed by atoms with Crippen molar-refractivity contribution in [2.45, 2.75) is 26.0 Å². The zero-order valence-corrected chi connectivity index (χ0v) is 8.54. The monoisotopic (exact) mass is 211 g/mol. The van der Waals surface area contributed by atoms with Crippen LogP contribution in [0, 0.1) is 11.8 Å². The van der Waals surface area contributed by atoms with Crippen LogP contribution in [0.3, 0.4) is 0 Å². The third kappa shape index (κ3) is 1.19. The molecule has 0 aliphatic carbocycles. The molecule has 2 heterocycles. The van der Waals surface area contributed by atoms with Gasteiger partial charge in [0.1, 0.15) is 5.70 Å². The molecule has 2 unspecified atom stereocenters. The summed E-state index contributed by atoms with van der Waals surface area (Å²) < 4.78 is 0. The van der Waals surface area contributed by atoms with Gasteiger partial charge in [-0.25, -0.2) is 4.79 Å². The van der Waals surface area contributed by atoms with E-state index in [1.165, 1.54) is 4.90 Å². The fraction of sp³-hybridized carbons (Fsp3) is 0.600. The number of carbonyl (C=O) groups excluding carboxylic acids is 1. The molecule has 2 N–H and O–H groups in total. The number of aliphatic hydroxyl groups is 1. The topological polar surface area (TPSA) is 77.8 Å². The van der Waals surface area contributed by atoms with Gasteiger partial charge in [0.2, 0.25) is 5.91 Å². The molecule has 0 bridgehead atoms. The Labute approximate surface area is 87.0 Å². The third-order valence-electron chi connectivity index (χ3n) is 3.15. The Balaban J connectivity index is 2.26. The number of hydrogen-bond donors (Lipinski definition) is 2. The fourth-order valence-electron chi connectivity index (χ4n) is 2.47. The summed E-state index contributed by atoms with van der Waals surface area (Å²) in [5, 5.41) is 18.3. The molecule has 4 atom stereocenters. The van der Waals surface area contributed by atoms with Gasteiger partial charge in [0.15, 0.2) is 0 Å². The summed E-state index contributed by atoms with van der Waals surface area (Å²) >= 11 is 0. The molecule has 0 radical (unpaired) electrons. The second-order valence-corrected chi connectivity index (χ2v) is 4.18. The van der Waals surface area contributed by atoms with Crippen LogP contribution < -0.4 is 0 Å². The van der Waals surface area contributed by atoms with Gasteiger partial charge in [-0.3, -0.25) is 4.79 Å². The smallest absolute Gasteiger partial charge is 0.352 e. The number of carboxylic acids is 1. The largest absolute Gasteiger partial charge is 0.477 e. The molecular formula is C10H13NO4. The summed E-state index contributed by atoms with van der Waals surface area (Å²) in [4.78, 5) is 23.7. The molecule has 1 amide bonds. The van der Waals surface area contributed by atoms with Crippen LogP contribution in [0.15, 0.2) is 11.8 Å². The fourth-order valence-corrected chi connectivity index (χ4v) is 2.47. The predicted octanol–water partition coefficient (Wildman–Crippen LogP) is -0.188. The molecule has 82 valence electrons. The molecule has 5 nitrogen and oxygen atoms in total. The minimum absolute atomic E-state index is 0.00611. The standard InChI is InChI=1S/C10H13NO4/c1-4-3-6(10(14)15)11-8(4)7(5(2)12)9(11)13/h3-5,7-8,12H,1-2H3,(H,14,15)/t4?,5-,7?,8-/m1/s1. The zero-order chi connectivity index (χ0) is 11.3. The van der Waals surface area contributed by atoms with Gasteiger partial charge in [-0.2, -0.15) is 0 Å². The van der Waals surface area contributed by atoms with Gasteiger partial charge in [0, 0.05) is 0 Å². The number of carbonyl (C=O) groups is 2. The van der Waals surface area contributed by atoms with Crippen LogP contribution in [-0.2, 0) is 9.59 Å². The van der Waals surface area contributed by atoms with E-state index in [2.05, 4.69) is 0 Å². The van der Waals surface area contributed by atoms with Crippen LogP contribution >= 0.6 is 0 Å². The second kappa shape index (κ2) is 3.06. The SMILES string of the molecule is CC1C=C(C(=O)O)N2C(=O)C([C@@H](C)O)[C@@H]12. The highest BCUT2D eigenvalue weighted by atomic mass is 16.4. The number of rotatable bonds is 2. The van der Waals surface area contributed by atoms with Crippen LogP contribution in [0.5, 0.6) is 0 Å². The number of nitrogens with zero attached hydrogens (tertiary/aromatic N) is 1. The van der Waals surface area contributed by atoms with E-state index in [0.29, 0.717) is 0 Å².